The second-order valence-electron chi connectivity index (χ2n) is 5.25. The van der Waals surface area contributed by atoms with Crippen LogP contribution in [0.3, 0.4) is 0 Å². The Balaban J connectivity index is 2.36. The van der Waals surface area contributed by atoms with Gasteiger partial charge in [0.2, 0.25) is 10.0 Å². The Morgan fingerprint density at radius 1 is 1.08 bits per heavy atom. The number of carbonyl (C=O) groups excluding carboxylic acids is 1. The van der Waals surface area contributed by atoms with Crippen LogP contribution >= 0.6 is 0 Å². The van der Waals surface area contributed by atoms with E-state index in [9.17, 15) is 13.2 Å². The van der Waals surface area contributed by atoms with Crippen LogP contribution < -0.4 is 19.5 Å². The minimum atomic E-state index is -3.78. The van der Waals surface area contributed by atoms with Crippen molar-refractivity contribution >= 4 is 21.6 Å². The molecule has 0 aromatic heterocycles. The molecule has 0 aliphatic carbocycles. The SMILES string of the molecule is CCNS(=O)(=O)c1cc(C(=O)Nc2ccccc2OCC)ccc1OC. The fourth-order valence-corrected chi connectivity index (χ4v) is 3.58. The summed E-state index contributed by atoms with van der Waals surface area (Å²) in [6, 6.07) is 11.3. The molecule has 0 heterocycles. The van der Waals surface area contributed by atoms with Crippen molar-refractivity contribution in [3.05, 3.63) is 48.0 Å². The lowest BCUT2D eigenvalue weighted by atomic mass is 10.2. The maximum absolute atomic E-state index is 12.6. The molecule has 1 amide bonds. The number of carbonyl (C=O) groups is 1. The average Bonchev–Trinajstić information content (AvgIpc) is 2.63. The van der Waals surface area contributed by atoms with E-state index in [0.29, 0.717) is 18.0 Å². The smallest absolute Gasteiger partial charge is 0.255 e. The van der Waals surface area contributed by atoms with Crippen LogP contribution in [0.2, 0.25) is 0 Å². The first-order valence-corrected chi connectivity index (χ1v) is 9.62. The summed E-state index contributed by atoms with van der Waals surface area (Å²) in [5.74, 6) is 0.252. The molecule has 2 rings (SSSR count). The Kier molecular flexibility index (Phi) is 6.59. The van der Waals surface area contributed by atoms with Gasteiger partial charge in [-0.3, -0.25) is 4.79 Å². The number of nitrogens with one attached hydrogen (secondary N) is 2. The molecule has 140 valence electrons. The highest BCUT2D eigenvalue weighted by atomic mass is 32.2. The zero-order valence-corrected chi connectivity index (χ0v) is 15.7. The second-order valence-corrected chi connectivity index (χ2v) is 6.99. The molecule has 2 N–H and O–H groups in total. The number of hydrogen-bond donors (Lipinski definition) is 2. The van der Waals surface area contributed by atoms with E-state index in [1.165, 1.54) is 25.3 Å². The fraction of sp³-hybridized carbons (Fsp3) is 0.278. The summed E-state index contributed by atoms with van der Waals surface area (Å²) < 4.78 is 37.7. The van der Waals surface area contributed by atoms with Gasteiger partial charge in [0.05, 0.1) is 19.4 Å². The number of amides is 1. The third-order valence-electron chi connectivity index (χ3n) is 3.48. The topological polar surface area (TPSA) is 93.7 Å². The van der Waals surface area contributed by atoms with E-state index >= 15 is 0 Å². The fourth-order valence-electron chi connectivity index (χ4n) is 2.34. The zero-order valence-electron chi connectivity index (χ0n) is 14.9. The first-order chi connectivity index (χ1) is 12.4. The first-order valence-electron chi connectivity index (χ1n) is 8.13. The predicted octanol–water partition coefficient (Wildman–Crippen LogP) is 2.64. The van der Waals surface area contributed by atoms with Gasteiger partial charge in [-0.2, -0.15) is 0 Å². The summed E-state index contributed by atoms with van der Waals surface area (Å²) in [6.45, 7) is 4.20. The molecule has 0 saturated heterocycles. The van der Waals surface area contributed by atoms with Crippen molar-refractivity contribution in [1.82, 2.24) is 4.72 Å². The van der Waals surface area contributed by atoms with Gasteiger partial charge in [0.15, 0.2) is 0 Å². The van der Waals surface area contributed by atoms with E-state index < -0.39 is 15.9 Å². The van der Waals surface area contributed by atoms with Gasteiger partial charge in [0.1, 0.15) is 16.4 Å². The number of anilines is 1. The Morgan fingerprint density at radius 3 is 2.46 bits per heavy atom. The number of methoxy groups -OCH3 is 1. The molecule has 0 spiro atoms. The van der Waals surface area contributed by atoms with E-state index in [-0.39, 0.29) is 22.8 Å². The molecule has 0 fully saturated rings. The van der Waals surface area contributed by atoms with Crippen LogP contribution in [0.5, 0.6) is 11.5 Å². The van der Waals surface area contributed by atoms with Gasteiger partial charge in [-0.1, -0.05) is 19.1 Å². The Bertz CT molecular complexity index is 881. The molecular weight excluding hydrogens is 356 g/mol. The van der Waals surface area contributed by atoms with E-state index in [1.807, 2.05) is 6.92 Å². The molecule has 0 unspecified atom stereocenters. The number of ether oxygens (including phenoxy) is 2. The number of benzene rings is 2. The Hall–Kier alpha value is -2.58. The molecule has 0 radical (unpaired) electrons. The van der Waals surface area contributed by atoms with Crippen LogP contribution in [0, 0.1) is 0 Å². The maximum atomic E-state index is 12.6. The summed E-state index contributed by atoms with van der Waals surface area (Å²) in [5.41, 5.74) is 0.694. The lowest BCUT2D eigenvalue weighted by molar-refractivity contribution is 0.102. The van der Waals surface area contributed by atoms with Gasteiger partial charge < -0.3 is 14.8 Å². The van der Waals surface area contributed by atoms with Crippen LogP contribution in [0.4, 0.5) is 5.69 Å². The molecule has 7 nitrogen and oxygen atoms in total. The Morgan fingerprint density at radius 2 is 1.81 bits per heavy atom. The molecule has 0 bridgehead atoms. The molecular formula is C18H22N2O5S. The molecule has 8 heteroatoms. The van der Waals surface area contributed by atoms with E-state index in [2.05, 4.69) is 10.0 Å². The van der Waals surface area contributed by atoms with E-state index in [4.69, 9.17) is 9.47 Å². The highest BCUT2D eigenvalue weighted by Gasteiger charge is 2.21. The third kappa shape index (κ3) is 4.53. The number of hydrogen-bond acceptors (Lipinski definition) is 5. The molecule has 0 saturated carbocycles. The Labute approximate surface area is 153 Å². The van der Waals surface area contributed by atoms with E-state index in [1.54, 1.807) is 31.2 Å². The number of sulfonamides is 1. The summed E-state index contributed by atoms with van der Waals surface area (Å²) in [6.07, 6.45) is 0. The highest BCUT2D eigenvalue weighted by Crippen LogP contribution is 2.27. The lowest BCUT2D eigenvalue weighted by Crippen LogP contribution is -2.24. The highest BCUT2D eigenvalue weighted by molar-refractivity contribution is 7.89. The van der Waals surface area contributed by atoms with Crippen molar-refractivity contribution in [2.75, 3.05) is 25.6 Å². The molecule has 0 aliphatic rings. The number of rotatable bonds is 8. The largest absolute Gasteiger partial charge is 0.495 e. The lowest BCUT2D eigenvalue weighted by Gasteiger charge is -2.13. The molecule has 26 heavy (non-hydrogen) atoms. The van der Waals surface area contributed by atoms with Gasteiger partial charge in [0, 0.05) is 12.1 Å². The maximum Gasteiger partial charge on any atom is 0.255 e. The minimum absolute atomic E-state index is 0.0902. The summed E-state index contributed by atoms with van der Waals surface area (Å²) in [7, 11) is -2.41. The normalized spacial score (nSPS) is 11.0. The van der Waals surface area contributed by atoms with Crippen molar-refractivity contribution in [2.45, 2.75) is 18.7 Å². The molecule has 0 atom stereocenters. The van der Waals surface area contributed by atoms with Crippen LogP contribution in [0.25, 0.3) is 0 Å². The van der Waals surface area contributed by atoms with Crippen LogP contribution in [-0.2, 0) is 10.0 Å². The van der Waals surface area contributed by atoms with Crippen LogP contribution in [0.1, 0.15) is 24.2 Å². The second kappa shape index (κ2) is 8.68. The van der Waals surface area contributed by atoms with Gasteiger partial charge in [-0.05, 0) is 37.3 Å². The van der Waals surface area contributed by atoms with E-state index in [0.717, 1.165) is 0 Å². The molecule has 2 aromatic rings. The number of para-hydroxylation sites is 2. The van der Waals surface area contributed by atoms with Gasteiger partial charge in [-0.15, -0.1) is 0 Å². The first kappa shape index (κ1) is 19.7. The van der Waals surface area contributed by atoms with Gasteiger partial charge in [-0.25, -0.2) is 13.1 Å². The third-order valence-corrected chi connectivity index (χ3v) is 5.05. The average molecular weight is 378 g/mol. The summed E-state index contributed by atoms with van der Waals surface area (Å²) >= 11 is 0. The monoisotopic (exact) mass is 378 g/mol. The molecule has 2 aromatic carbocycles. The van der Waals surface area contributed by atoms with Gasteiger partial charge >= 0.3 is 0 Å². The quantitative estimate of drug-likeness (QED) is 0.736. The summed E-state index contributed by atoms with van der Waals surface area (Å²) in [5, 5.41) is 2.74. The zero-order chi connectivity index (χ0) is 19.2. The van der Waals surface area contributed by atoms with Crippen molar-refractivity contribution in [3.63, 3.8) is 0 Å². The van der Waals surface area contributed by atoms with Crippen molar-refractivity contribution in [3.8, 4) is 11.5 Å². The van der Waals surface area contributed by atoms with Crippen LogP contribution in [0.15, 0.2) is 47.4 Å². The standard InChI is InChI=1S/C18H22N2O5S/c1-4-19-26(22,23)17-12-13(10-11-16(17)24-3)18(21)20-14-8-6-7-9-15(14)25-5-2/h6-12,19H,4-5H2,1-3H3,(H,20,21). The molecule has 0 aliphatic heterocycles. The summed E-state index contributed by atoms with van der Waals surface area (Å²) in [4.78, 5) is 12.5. The van der Waals surface area contributed by atoms with Crippen molar-refractivity contribution in [2.24, 2.45) is 0 Å². The van der Waals surface area contributed by atoms with Crippen LogP contribution in [-0.4, -0.2) is 34.6 Å². The van der Waals surface area contributed by atoms with Crippen molar-refractivity contribution in [1.29, 1.82) is 0 Å². The van der Waals surface area contributed by atoms with Gasteiger partial charge in [0.25, 0.3) is 5.91 Å². The van der Waals surface area contributed by atoms with Crippen molar-refractivity contribution < 1.29 is 22.7 Å². The minimum Gasteiger partial charge on any atom is -0.495 e. The predicted molar refractivity (Wildman–Crippen MR) is 99.4 cm³/mol.